The van der Waals surface area contributed by atoms with Gasteiger partial charge in [-0.05, 0) is 25.7 Å². The molecule has 1 aromatic rings. The van der Waals surface area contributed by atoms with Crippen molar-refractivity contribution in [2.75, 3.05) is 0 Å². The van der Waals surface area contributed by atoms with E-state index >= 15 is 0 Å². The Balaban J connectivity index is 1.87. The number of thiazole rings is 1. The van der Waals surface area contributed by atoms with Gasteiger partial charge in [-0.3, -0.25) is 10.1 Å². The van der Waals surface area contributed by atoms with Crippen LogP contribution in [0.4, 0.5) is 0 Å². The lowest BCUT2D eigenvalue weighted by Gasteiger charge is -2.11. The van der Waals surface area contributed by atoms with Crippen molar-refractivity contribution >= 4 is 17.3 Å². The van der Waals surface area contributed by atoms with Gasteiger partial charge in [0.25, 0.3) is 0 Å². The number of rotatable bonds is 5. The Kier molecular flexibility index (Phi) is 3.02. The predicted molar refractivity (Wildman–Crippen MR) is 57.8 cm³/mol. The Morgan fingerprint density at radius 1 is 1.80 bits per heavy atom. The zero-order chi connectivity index (χ0) is 10.8. The molecule has 1 fully saturated rings. The van der Waals surface area contributed by atoms with Crippen LogP contribution in [-0.4, -0.2) is 22.1 Å². The summed E-state index contributed by atoms with van der Waals surface area (Å²) in [5.74, 6) is -0.422. The predicted octanol–water partition coefficient (Wildman–Crippen LogP) is 1.40. The second-order valence-corrected chi connectivity index (χ2v) is 4.86. The molecule has 5 heteroatoms. The highest BCUT2D eigenvalue weighted by Crippen LogP contribution is 2.32. The van der Waals surface area contributed by atoms with Crippen molar-refractivity contribution in [3.05, 3.63) is 16.1 Å². The van der Waals surface area contributed by atoms with E-state index in [4.69, 9.17) is 5.11 Å². The number of hydrogen-bond donors (Lipinski definition) is 2. The van der Waals surface area contributed by atoms with Crippen molar-refractivity contribution in [1.82, 2.24) is 10.3 Å². The van der Waals surface area contributed by atoms with Crippen molar-refractivity contribution in [2.45, 2.75) is 32.4 Å². The van der Waals surface area contributed by atoms with Crippen molar-refractivity contribution < 1.29 is 9.90 Å². The van der Waals surface area contributed by atoms with Crippen molar-refractivity contribution in [2.24, 2.45) is 5.92 Å². The molecule has 4 nitrogen and oxygen atoms in total. The largest absolute Gasteiger partial charge is 0.480 e. The fourth-order valence-electron chi connectivity index (χ4n) is 1.57. The summed E-state index contributed by atoms with van der Waals surface area (Å²) in [4.78, 5) is 15.2. The van der Waals surface area contributed by atoms with Gasteiger partial charge in [-0.15, -0.1) is 11.3 Å². The smallest absolute Gasteiger partial charge is 0.320 e. The summed E-state index contributed by atoms with van der Waals surface area (Å²) in [7, 11) is 0. The topological polar surface area (TPSA) is 62.2 Å². The van der Waals surface area contributed by atoms with Gasteiger partial charge in [0.05, 0.1) is 0 Å². The van der Waals surface area contributed by atoms with Crippen LogP contribution in [0.15, 0.2) is 5.38 Å². The fraction of sp³-hybridized carbons (Fsp3) is 0.600. The normalized spacial score (nSPS) is 17.7. The van der Waals surface area contributed by atoms with Gasteiger partial charge >= 0.3 is 5.97 Å². The van der Waals surface area contributed by atoms with Crippen molar-refractivity contribution in [1.29, 1.82) is 0 Å². The molecule has 0 spiro atoms. The van der Waals surface area contributed by atoms with E-state index in [0.717, 1.165) is 23.5 Å². The summed E-state index contributed by atoms with van der Waals surface area (Å²) >= 11 is 1.57. The first-order valence-electron chi connectivity index (χ1n) is 5.04. The Bertz CT molecular complexity index is 360. The molecule has 1 atom stereocenters. The number of nitrogens with zero attached hydrogens (tertiary/aromatic N) is 1. The minimum atomic E-state index is -0.745. The molecule has 15 heavy (non-hydrogen) atoms. The number of aryl methyl sites for hydroxylation is 1. The molecule has 0 bridgehead atoms. The number of carboxylic acids is 1. The van der Waals surface area contributed by atoms with Gasteiger partial charge in [0.15, 0.2) is 0 Å². The van der Waals surface area contributed by atoms with E-state index in [9.17, 15) is 4.79 Å². The first-order chi connectivity index (χ1) is 7.16. The van der Waals surface area contributed by atoms with Crippen LogP contribution >= 0.6 is 11.3 Å². The van der Waals surface area contributed by atoms with Crippen molar-refractivity contribution in [3.8, 4) is 0 Å². The molecule has 2 rings (SSSR count). The molecule has 82 valence electrons. The minimum absolute atomic E-state index is 0.323. The van der Waals surface area contributed by atoms with Crippen LogP contribution in [0.3, 0.4) is 0 Å². The maximum absolute atomic E-state index is 10.9. The van der Waals surface area contributed by atoms with Gasteiger partial charge in [0, 0.05) is 17.6 Å². The van der Waals surface area contributed by atoms with E-state index in [2.05, 4.69) is 10.3 Å². The van der Waals surface area contributed by atoms with Gasteiger partial charge in [-0.2, -0.15) is 0 Å². The molecule has 2 N–H and O–H groups in total. The number of aliphatic carboxylic acids is 1. The van der Waals surface area contributed by atoms with E-state index in [1.54, 1.807) is 11.3 Å². The summed E-state index contributed by atoms with van der Waals surface area (Å²) < 4.78 is 0. The Hall–Kier alpha value is -0.940. The van der Waals surface area contributed by atoms with Crippen LogP contribution in [0.5, 0.6) is 0 Å². The molecule has 0 radical (unpaired) electrons. The third-order valence-electron chi connectivity index (χ3n) is 2.50. The average Bonchev–Trinajstić information content (AvgIpc) is 2.90. The van der Waals surface area contributed by atoms with Gasteiger partial charge in [-0.25, -0.2) is 4.98 Å². The van der Waals surface area contributed by atoms with Gasteiger partial charge in [-0.1, -0.05) is 0 Å². The molecule has 1 aliphatic rings. The maximum Gasteiger partial charge on any atom is 0.320 e. The van der Waals surface area contributed by atoms with E-state index in [0.29, 0.717) is 12.5 Å². The molecule has 1 heterocycles. The second kappa shape index (κ2) is 4.28. The fourth-order valence-corrected chi connectivity index (χ4v) is 2.29. The highest BCUT2D eigenvalue weighted by atomic mass is 32.1. The molecule has 0 amide bonds. The molecule has 0 saturated heterocycles. The maximum atomic E-state index is 10.9. The summed E-state index contributed by atoms with van der Waals surface area (Å²) in [5, 5.41) is 15.0. The van der Waals surface area contributed by atoms with E-state index in [1.165, 1.54) is 0 Å². The Morgan fingerprint density at radius 3 is 3.00 bits per heavy atom. The number of hydrogen-bond acceptors (Lipinski definition) is 4. The monoisotopic (exact) mass is 226 g/mol. The lowest BCUT2D eigenvalue weighted by atomic mass is 10.2. The Morgan fingerprint density at radius 2 is 2.53 bits per heavy atom. The van der Waals surface area contributed by atoms with Crippen LogP contribution < -0.4 is 5.32 Å². The SMILES string of the molecule is Cc1csc(CNC(C(=O)O)C2CC2)n1. The lowest BCUT2D eigenvalue weighted by molar-refractivity contribution is -0.140. The van der Waals surface area contributed by atoms with Crippen LogP contribution in [0.1, 0.15) is 23.5 Å². The number of carbonyl (C=O) groups is 1. The third-order valence-corrected chi connectivity index (χ3v) is 3.47. The van der Waals surface area contributed by atoms with Crippen LogP contribution in [0.2, 0.25) is 0 Å². The summed E-state index contributed by atoms with van der Waals surface area (Å²) in [6.45, 7) is 2.50. The van der Waals surface area contributed by atoms with Crippen molar-refractivity contribution in [3.63, 3.8) is 0 Å². The third kappa shape index (κ3) is 2.76. The first-order valence-corrected chi connectivity index (χ1v) is 5.92. The summed E-state index contributed by atoms with van der Waals surface area (Å²) in [5.41, 5.74) is 0.995. The quantitative estimate of drug-likeness (QED) is 0.796. The first kappa shape index (κ1) is 10.6. The molecular formula is C10H14N2O2S. The lowest BCUT2D eigenvalue weighted by Crippen LogP contribution is -2.37. The Labute approximate surface area is 92.3 Å². The standard InChI is InChI=1S/C10H14N2O2S/c1-6-5-15-8(12-6)4-11-9(10(13)14)7-2-3-7/h5,7,9,11H,2-4H2,1H3,(H,13,14). The zero-order valence-corrected chi connectivity index (χ0v) is 9.38. The van der Waals surface area contributed by atoms with Crippen LogP contribution in [-0.2, 0) is 11.3 Å². The van der Waals surface area contributed by atoms with Gasteiger partial charge in [0.1, 0.15) is 11.0 Å². The van der Waals surface area contributed by atoms with E-state index in [1.807, 2.05) is 12.3 Å². The average molecular weight is 226 g/mol. The van der Waals surface area contributed by atoms with Crippen LogP contribution in [0.25, 0.3) is 0 Å². The number of nitrogens with one attached hydrogen (secondary N) is 1. The van der Waals surface area contributed by atoms with E-state index in [-0.39, 0.29) is 0 Å². The molecule has 0 aromatic carbocycles. The number of aromatic nitrogens is 1. The second-order valence-electron chi connectivity index (χ2n) is 3.92. The van der Waals surface area contributed by atoms with Crippen LogP contribution in [0, 0.1) is 12.8 Å². The summed E-state index contributed by atoms with van der Waals surface area (Å²) in [6.07, 6.45) is 2.06. The highest BCUT2D eigenvalue weighted by molar-refractivity contribution is 7.09. The molecular weight excluding hydrogens is 212 g/mol. The highest BCUT2D eigenvalue weighted by Gasteiger charge is 2.35. The molecule has 1 saturated carbocycles. The molecule has 1 aromatic heterocycles. The summed E-state index contributed by atoms with van der Waals surface area (Å²) in [6, 6.07) is -0.394. The molecule has 0 aliphatic heterocycles. The molecule has 1 aliphatic carbocycles. The molecule has 1 unspecified atom stereocenters. The van der Waals surface area contributed by atoms with Gasteiger partial charge in [0.2, 0.25) is 0 Å². The van der Waals surface area contributed by atoms with E-state index < -0.39 is 12.0 Å². The minimum Gasteiger partial charge on any atom is -0.480 e. The van der Waals surface area contributed by atoms with Gasteiger partial charge < -0.3 is 5.11 Å². The number of carboxylic acid groups (broad SMARTS) is 1. The zero-order valence-electron chi connectivity index (χ0n) is 8.56.